The normalized spacial score (nSPS) is 30.7. The zero-order chi connectivity index (χ0) is 11.8. The van der Waals surface area contributed by atoms with Crippen LogP contribution >= 0.6 is 0 Å². The van der Waals surface area contributed by atoms with E-state index in [2.05, 4.69) is 0 Å². The van der Waals surface area contributed by atoms with Gasteiger partial charge in [-0.15, -0.1) is 0 Å². The molecule has 1 aromatic carbocycles. The molecule has 2 heteroatoms. The highest BCUT2D eigenvalue weighted by molar-refractivity contribution is 5.87. The van der Waals surface area contributed by atoms with Crippen LogP contribution in [0.1, 0.15) is 41.6 Å². The van der Waals surface area contributed by atoms with E-state index in [0.717, 1.165) is 24.2 Å². The first kappa shape index (κ1) is 10.8. The van der Waals surface area contributed by atoms with E-state index in [1.54, 1.807) is 12.1 Å². The lowest BCUT2D eigenvalue weighted by molar-refractivity contribution is 0.0697. The molecular weight excluding hydrogens is 212 g/mol. The fourth-order valence-electron chi connectivity index (χ4n) is 3.71. The largest absolute Gasteiger partial charge is 0.478 e. The summed E-state index contributed by atoms with van der Waals surface area (Å²) in [6.45, 7) is 0. The maximum absolute atomic E-state index is 10.8. The summed E-state index contributed by atoms with van der Waals surface area (Å²) >= 11 is 0. The van der Waals surface area contributed by atoms with Crippen LogP contribution in [0, 0.1) is 17.8 Å². The molecule has 0 saturated heterocycles. The van der Waals surface area contributed by atoms with E-state index in [4.69, 9.17) is 5.11 Å². The summed E-state index contributed by atoms with van der Waals surface area (Å²) in [4.78, 5) is 10.8. The highest BCUT2D eigenvalue weighted by atomic mass is 16.4. The standard InChI is InChI=1S/C15H18O2/c16-15(17)12-4-1-10(2-5-12)7-14-9-11-3-6-13(14)8-11/h1-2,4-5,11,13-14H,3,6-9H2,(H,16,17)/t11-,13+,14-/m0/s1. The van der Waals surface area contributed by atoms with Gasteiger partial charge in [-0.1, -0.05) is 18.6 Å². The number of carboxylic acid groups (broad SMARTS) is 1. The van der Waals surface area contributed by atoms with Crippen molar-refractivity contribution in [3.8, 4) is 0 Å². The van der Waals surface area contributed by atoms with Crippen molar-refractivity contribution >= 4 is 5.97 Å². The Morgan fingerprint density at radius 1 is 1.18 bits per heavy atom. The number of fused-ring (bicyclic) bond motifs is 2. The van der Waals surface area contributed by atoms with Crippen LogP contribution in [0.4, 0.5) is 0 Å². The van der Waals surface area contributed by atoms with Crippen LogP contribution in [0.25, 0.3) is 0 Å². The van der Waals surface area contributed by atoms with E-state index in [-0.39, 0.29) is 0 Å². The molecule has 17 heavy (non-hydrogen) atoms. The SMILES string of the molecule is O=C(O)c1ccc(C[C@H]2C[C@H]3CC[C@@H]2C3)cc1. The minimum Gasteiger partial charge on any atom is -0.478 e. The Labute approximate surface area is 102 Å². The number of benzene rings is 1. The Morgan fingerprint density at radius 2 is 1.94 bits per heavy atom. The Bertz CT molecular complexity index is 421. The van der Waals surface area contributed by atoms with Gasteiger partial charge in [0.1, 0.15) is 0 Å². The van der Waals surface area contributed by atoms with Crippen molar-refractivity contribution in [3.05, 3.63) is 35.4 Å². The first-order chi connectivity index (χ1) is 8.22. The van der Waals surface area contributed by atoms with Gasteiger partial charge in [0.25, 0.3) is 0 Å². The van der Waals surface area contributed by atoms with E-state index >= 15 is 0 Å². The number of carboxylic acids is 1. The van der Waals surface area contributed by atoms with Crippen molar-refractivity contribution < 1.29 is 9.90 Å². The van der Waals surface area contributed by atoms with Crippen LogP contribution in [0.3, 0.4) is 0 Å². The van der Waals surface area contributed by atoms with E-state index in [1.165, 1.54) is 31.2 Å². The third-order valence-corrected chi connectivity index (χ3v) is 4.58. The molecule has 0 aliphatic heterocycles. The summed E-state index contributed by atoms with van der Waals surface area (Å²) in [5.74, 6) is 1.95. The Morgan fingerprint density at radius 3 is 2.47 bits per heavy atom. The first-order valence-corrected chi connectivity index (χ1v) is 6.54. The number of hydrogen-bond donors (Lipinski definition) is 1. The summed E-state index contributed by atoms with van der Waals surface area (Å²) in [6, 6.07) is 7.42. The molecule has 2 saturated carbocycles. The van der Waals surface area contributed by atoms with Gasteiger partial charge in [-0.2, -0.15) is 0 Å². The number of carbonyl (C=O) groups is 1. The first-order valence-electron chi connectivity index (χ1n) is 6.54. The molecule has 2 aliphatic carbocycles. The molecule has 3 atom stereocenters. The lowest BCUT2D eigenvalue weighted by Crippen LogP contribution is -2.13. The quantitative estimate of drug-likeness (QED) is 0.864. The van der Waals surface area contributed by atoms with Crippen LogP contribution in [-0.2, 0) is 6.42 Å². The average Bonchev–Trinajstić information content (AvgIpc) is 2.91. The molecule has 0 radical (unpaired) electrons. The van der Waals surface area contributed by atoms with Crippen LogP contribution in [-0.4, -0.2) is 11.1 Å². The molecule has 2 nitrogen and oxygen atoms in total. The highest BCUT2D eigenvalue weighted by Gasteiger charge is 2.39. The zero-order valence-corrected chi connectivity index (χ0v) is 9.93. The van der Waals surface area contributed by atoms with Crippen molar-refractivity contribution in [2.75, 3.05) is 0 Å². The van der Waals surface area contributed by atoms with Gasteiger partial charge in [0, 0.05) is 0 Å². The third kappa shape index (κ3) is 2.08. The van der Waals surface area contributed by atoms with Gasteiger partial charge >= 0.3 is 5.97 Å². The Hall–Kier alpha value is -1.31. The summed E-state index contributed by atoms with van der Waals surface area (Å²) in [7, 11) is 0. The minimum atomic E-state index is -0.837. The predicted molar refractivity (Wildman–Crippen MR) is 66.0 cm³/mol. The highest BCUT2D eigenvalue weighted by Crippen LogP contribution is 2.49. The van der Waals surface area contributed by atoms with Crippen molar-refractivity contribution in [2.24, 2.45) is 17.8 Å². The van der Waals surface area contributed by atoms with Crippen molar-refractivity contribution in [3.63, 3.8) is 0 Å². The Balaban J connectivity index is 1.67. The minimum absolute atomic E-state index is 0.390. The molecule has 1 aromatic rings. The van der Waals surface area contributed by atoms with Crippen LogP contribution < -0.4 is 0 Å². The monoisotopic (exact) mass is 230 g/mol. The smallest absolute Gasteiger partial charge is 0.335 e. The number of hydrogen-bond acceptors (Lipinski definition) is 1. The van der Waals surface area contributed by atoms with Crippen LogP contribution in [0.5, 0.6) is 0 Å². The second-order valence-corrected chi connectivity index (χ2v) is 5.64. The lowest BCUT2D eigenvalue weighted by atomic mass is 9.84. The summed E-state index contributed by atoms with van der Waals surface area (Å²) in [5, 5.41) is 8.85. The molecule has 2 aliphatic rings. The molecule has 1 N–H and O–H groups in total. The van der Waals surface area contributed by atoms with Gasteiger partial charge in [0.2, 0.25) is 0 Å². The van der Waals surface area contributed by atoms with Crippen LogP contribution in [0.2, 0.25) is 0 Å². The molecule has 3 rings (SSSR count). The van der Waals surface area contributed by atoms with Gasteiger partial charge < -0.3 is 5.11 Å². The summed E-state index contributed by atoms with van der Waals surface area (Å²) < 4.78 is 0. The van der Waals surface area contributed by atoms with Crippen molar-refractivity contribution in [1.82, 2.24) is 0 Å². The fraction of sp³-hybridized carbons (Fsp3) is 0.533. The molecule has 90 valence electrons. The maximum Gasteiger partial charge on any atom is 0.335 e. The second-order valence-electron chi connectivity index (χ2n) is 5.64. The van der Waals surface area contributed by atoms with Gasteiger partial charge in [-0.05, 0) is 61.1 Å². The second kappa shape index (κ2) is 4.17. The molecular formula is C15H18O2. The van der Waals surface area contributed by atoms with Gasteiger partial charge in [-0.3, -0.25) is 0 Å². The maximum atomic E-state index is 10.8. The van der Waals surface area contributed by atoms with Crippen molar-refractivity contribution in [1.29, 1.82) is 0 Å². The van der Waals surface area contributed by atoms with E-state index < -0.39 is 5.97 Å². The number of rotatable bonds is 3. The third-order valence-electron chi connectivity index (χ3n) is 4.58. The zero-order valence-electron chi connectivity index (χ0n) is 9.93. The molecule has 0 heterocycles. The lowest BCUT2D eigenvalue weighted by Gasteiger charge is -2.21. The van der Waals surface area contributed by atoms with Crippen LogP contribution in [0.15, 0.2) is 24.3 Å². The molecule has 0 spiro atoms. The summed E-state index contributed by atoms with van der Waals surface area (Å²) in [5.41, 5.74) is 1.69. The topological polar surface area (TPSA) is 37.3 Å². The van der Waals surface area contributed by atoms with E-state index in [1.807, 2.05) is 12.1 Å². The Kier molecular flexibility index (Phi) is 2.65. The van der Waals surface area contributed by atoms with Gasteiger partial charge in [0.05, 0.1) is 5.56 Å². The molecule has 0 aromatic heterocycles. The number of aromatic carboxylic acids is 1. The van der Waals surface area contributed by atoms with Gasteiger partial charge in [-0.25, -0.2) is 4.79 Å². The van der Waals surface area contributed by atoms with Gasteiger partial charge in [0.15, 0.2) is 0 Å². The molecule has 0 unspecified atom stereocenters. The molecule has 2 bridgehead atoms. The predicted octanol–water partition coefficient (Wildman–Crippen LogP) is 3.36. The summed E-state index contributed by atoms with van der Waals surface area (Å²) in [6.07, 6.45) is 6.84. The average molecular weight is 230 g/mol. The molecule has 0 amide bonds. The van der Waals surface area contributed by atoms with E-state index in [9.17, 15) is 4.79 Å². The van der Waals surface area contributed by atoms with Crippen molar-refractivity contribution in [2.45, 2.75) is 32.1 Å². The molecule has 2 fully saturated rings. The fourth-order valence-corrected chi connectivity index (χ4v) is 3.71. The van der Waals surface area contributed by atoms with E-state index in [0.29, 0.717) is 5.56 Å².